The maximum atomic E-state index is 11.6. The van der Waals surface area contributed by atoms with Crippen LogP contribution in [0.3, 0.4) is 0 Å². The van der Waals surface area contributed by atoms with Crippen molar-refractivity contribution in [3.05, 3.63) is 29.8 Å². The lowest BCUT2D eigenvalue weighted by Gasteiger charge is -2.28. The minimum absolute atomic E-state index is 0.0427. The summed E-state index contributed by atoms with van der Waals surface area (Å²) in [6, 6.07) is 8.23. The fourth-order valence-corrected chi connectivity index (χ4v) is 5.02. The number of carbonyl (C=O) groups is 1. The third-order valence-corrected chi connectivity index (χ3v) is 6.09. The number of carbonyl (C=O) groups excluding carboxylic acids is 1. The minimum atomic E-state index is -0.0548. The number of hydrogen-bond acceptors (Lipinski definition) is 5. The second-order valence-electron chi connectivity index (χ2n) is 5.35. The van der Waals surface area contributed by atoms with E-state index >= 15 is 0 Å². The summed E-state index contributed by atoms with van der Waals surface area (Å²) in [5, 5.41) is 0.572. The molecule has 0 amide bonds. The summed E-state index contributed by atoms with van der Waals surface area (Å²) < 4.78 is 10.7. The first kappa shape index (κ1) is 17.5. The van der Waals surface area contributed by atoms with Crippen LogP contribution in [0.5, 0.6) is 5.75 Å². The van der Waals surface area contributed by atoms with Gasteiger partial charge >= 0.3 is 5.97 Å². The van der Waals surface area contributed by atoms with Crippen molar-refractivity contribution >= 4 is 29.5 Å². The van der Waals surface area contributed by atoms with Gasteiger partial charge in [0.15, 0.2) is 0 Å². The third kappa shape index (κ3) is 5.76. The van der Waals surface area contributed by atoms with Gasteiger partial charge in [-0.15, -0.1) is 11.8 Å². The molecule has 1 heterocycles. The Morgan fingerprint density at radius 1 is 1.36 bits per heavy atom. The molecule has 1 saturated heterocycles. The average Bonchev–Trinajstić information content (AvgIpc) is 2.54. The summed E-state index contributed by atoms with van der Waals surface area (Å²) in [6.45, 7) is 2.00. The van der Waals surface area contributed by atoms with E-state index in [-0.39, 0.29) is 11.4 Å². The Balaban J connectivity index is 1.76. The Kier molecular flexibility index (Phi) is 7.46. The number of thioether (sulfide) groups is 2. The van der Waals surface area contributed by atoms with Crippen molar-refractivity contribution in [2.75, 3.05) is 12.9 Å². The molecule has 0 radical (unpaired) electrons. The number of esters is 1. The Morgan fingerprint density at radius 2 is 2.14 bits per heavy atom. The fourth-order valence-electron chi connectivity index (χ4n) is 2.31. The Hall–Kier alpha value is -0.810. The summed E-state index contributed by atoms with van der Waals surface area (Å²) >= 11 is 3.74. The fraction of sp³-hybridized carbons (Fsp3) is 0.588. The molecular formula is C17H24O3S2. The van der Waals surface area contributed by atoms with Gasteiger partial charge in [-0.05, 0) is 36.3 Å². The van der Waals surface area contributed by atoms with Crippen molar-refractivity contribution in [2.45, 2.75) is 49.0 Å². The second-order valence-corrected chi connectivity index (χ2v) is 7.90. The van der Waals surface area contributed by atoms with Crippen molar-refractivity contribution in [2.24, 2.45) is 0 Å². The number of hydrogen-bond donors (Lipinski definition) is 0. The van der Waals surface area contributed by atoms with Crippen LogP contribution in [0.25, 0.3) is 0 Å². The van der Waals surface area contributed by atoms with Crippen LogP contribution in [-0.4, -0.2) is 29.5 Å². The molecule has 1 aromatic carbocycles. The quantitative estimate of drug-likeness (QED) is 0.683. The molecule has 2 unspecified atom stereocenters. The van der Waals surface area contributed by atoms with E-state index in [1.54, 1.807) is 18.9 Å². The van der Waals surface area contributed by atoms with E-state index in [0.29, 0.717) is 11.7 Å². The smallest absolute Gasteiger partial charge is 0.306 e. The van der Waals surface area contributed by atoms with Crippen molar-refractivity contribution in [3.63, 3.8) is 0 Å². The first-order chi connectivity index (χ1) is 10.7. The summed E-state index contributed by atoms with van der Waals surface area (Å²) in [5.41, 5.74) is 1.35. The normalized spacial score (nSPS) is 21.4. The molecule has 0 aliphatic carbocycles. The Labute approximate surface area is 141 Å². The molecule has 0 aromatic heterocycles. The second kappa shape index (κ2) is 9.36. The molecule has 3 nitrogen and oxygen atoms in total. The van der Waals surface area contributed by atoms with Crippen molar-refractivity contribution < 1.29 is 14.3 Å². The molecule has 1 fully saturated rings. The number of methoxy groups -OCH3 is 1. The van der Waals surface area contributed by atoms with E-state index in [1.807, 2.05) is 30.8 Å². The zero-order chi connectivity index (χ0) is 15.8. The van der Waals surface area contributed by atoms with Gasteiger partial charge in [-0.3, -0.25) is 4.79 Å². The number of benzene rings is 1. The third-order valence-electron chi connectivity index (χ3n) is 3.56. The molecule has 0 saturated carbocycles. The molecule has 1 aromatic rings. The minimum Gasteiger partial charge on any atom is -0.497 e. The van der Waals surface area contributed by atoms with Crippen molar-refractivity contribution in [3.8, 4) is 5.75 Å². The summed E-state index contributed by atoms with van der Waals surface area (Å²) in [5.74, 6) is 2.91. The summed E-state index contributed by atoms with van der Waals surface area (Å²) in [4.78, 5) is 11.6. The van der Waals surface area contributed by atoms with E-state index in [4.69, 9.17) is 9.47 Å². The summed E-state index contributed by atoms with van der Waals surface area (Å²) in [7, 11) is 1.68. The average molecular weight is 341 g/mol. The Bertz CT molecular complexity index is 461. The highest BCUT2D eigenvalue weighted by Crippen LogP contribution is 2.35. The highest BCUT2D eigenvalue weighted by molar-refractivity contribution is 8.01. The first-order valence-corrected chi connectivity index (χ1v) is 9.86. The molecular weight excluding hydrogens is 316 g/mol. The van der Waals surface area contributed by atoms with Gasteiger partial charge in [0, 0.05) is 23.8 Å². The van der Waals surface area contributed by atoms with E-state index in [2.05, 4.69) is 12.1 Å². The van der Waals surface area contributed by atoms with Crippen LogP contribution in [-0.2, 0) is 15.3 Å². The molecule has 0 bridgehead atoms. The van der Waals surface area contributed by atoms with Crippen LogP contribution in [0.15, 0.2) is 24.3 Å². The molecule has 2 atom stereocenters. The van der Waals surface area contributed by atoms with Gasteiger partial charge in [-0.2, -0.15) is 11.8 Å². The Morgan fingerprint density at radius 3 is 2.82 bits per heavy atom. The molecule has 22 heavy (non-hydrogen) atoms. The van der Waals surface area contributed by atoms with Crippen LogP contribution in [0, 0.1) is 0 Å². The van der Waals surface area contributed by atoms with Crippen LogP contribution in [0.2, 0.25) is 0 Å². The van der Waals surface area contributed by atoms with Crippen molar-refractivity contribution in [1.29, 1.82) is 0 Å². The molecule has 1 aliphatic rings. The molecule has 0 spiro atoms. The van der Waals surface area contributed by atoms with Gasteiger partial charge in [0.25, 0.3) is 0 Å². The molecule has 122 valence electrons. The van der Waals surface area contributed by atoms with Gasteiger partial charge in [0.1, 0.15) is 11.2 Å². The van der Waals surface area contributed by atoms with Crippen LogP contribution in [0.4, 0.5) is 0 Å². The predicted molar refractivity (Wildman–Crippen MR) is 94.6 cm³/mol. The van der Waals surface area contributed by atoms with Gasteiger partial charge in [0.2, 0.25) is 0 Å². The lowest BCUT2D eigenvalue weighted by Crippen LogP contribution is -2.25. The van der Waals surface area contributed by atoms with Crippen LogP contribution in [0.1, 0.15) is 38.2 Å². The van der Waals surface area contributed by atoms with E-state index in [9.17, 15) is 4.79 Å². The topological polar surface area (TPSA) is 35.5 Å². The molecule has 1 aliphatic heterocycles. The molecule has 0 N–H and O–H groups in total. The standard InChI is InChI=1S/C17H24O3S2/c1-3-4-16(18)20-17-11-15(9-10-21-17)22-12-13-5-7-14(19-2)8-6-13/h5-8,15,17H,3-4,9-12H2,1-2H3. The lowest BCUT2D eigenvalue weighted by molar-refractivity contribution is -0.145. The zero-order valence-corrected chi connectivity index (χ0v) is 14.9. The monoisotopic (exact) mass is 340 g/mol. The number of ether oxygens (including phenoxy) is 2. The van der Waals surface area contributed by atoms with Gasteiger partial charge in [0.05, 0.1) is 7.11 Å². The molecule has 2 rings (SSSR count). The molecule has 5 heteroatoms. The maximum absolute atomic E-state index is 11.6. The number of rotatable bonds is 7. The highest BCUT2D eigenvalue weighted by atomic mass is 32.2. The van der Waals surface area contributed by atoms with Gasteiger partial charge < -0.3 is 9.47 Å². The van der Waals surface area contributed by atoms with E-state index in [1.165, 1.54) is 12.0 Å². The highest BCUT2D eigenvalue weighted by Gasteiger charge is 2.25. The van der Waals surface area contributed by atoms with Gasteiger partial charge in [-0.1, -0.05) is 19.1 Å². The van der Waals surface area contributed by atoms with Crippen LogP contribution < -0.4 is 4.74 Å². The predicted octanol–water partition coefficient (Wildman–Crippen LogP) is 4.49. The maximum Gasteiger partial charge on any atom is 0.306 e. The van der Waals surface area contributed by atoms with E-state index in [0.717, 1.165) is 30.1 Å². The summed E-state index contributed by atoms with van der Waals surface area (Å²) in [6.07, 6.45) is 3.53. The van der Waals surface area contributed by atoms with E-state index < -0.39 is 0 Å². The van der Waals surface area contributed by atoms with Crippen molar-refractivity contribution in [1.82, 2.24) is 0 Å². The zero-order valence-electron chi connectivity index (χ0n) is 13.2. The van der Waals surface area contributed by atoms with Crippen LogP contribution >= 0.6 is 23.5 Å². The largest absolute Gasteiger partial charge is 0.497 e. The lowest BCUT2D eigenvalue weighted by atomic mass is 10.2. The van der Waals surface area contributed by atoms with Gasteiger partial charge in [-0.25, -0.2) is 0 Å². The SMILES string of the molecule is CCCC(=O)OC1CC(SCc2ccc(OC)cc2)CCS1. The first-order valence-electron chi connectivity index (χ1n) is 7.77.